The van der Waals surface area contributed by atoms with E-state index in [9.17, 15) is 9.59 Å². The fraction of sp³-hybridized carbons (Fsp3) is 0.208. The molecule has 0 fully saturated rings. The number of anilines is 1. The number of pyridine rings is 1. The Morgan fingerprint density at radius 1 is 1.00 bits per heavy atom. The Balaban J connectivity index is 1.56. The van der Waals surface area contributed by atoms with E-state index in [0.29, 0.717) is 48.2 Å². The van der Waals surface area contributed by atoms with Gasteiger partial charge in [0.2, 0.25) is 5.88 Å². The largest absolute Gasteiger partial charge is 0.439 e. The summed E-state index contributed by atoms with van der Waals surface area (Å²) in [6.07, 6.45) is 2.18. The number of hydrogen-bond acceptors (Lipinski definition) is 5. The van der Waals surface area contributed by atoms with Crippen LogP contribution in [0.3, 0.4) is 0 Å². The lowest BCUT2D eigenvalue weighted by Crippen LogP contribution is -2.25. The van der Waals surface area contributed by atoms with Crippen LogP contribution in [0.1, 0.15) is 34.1 Å². The normalized spacial score (nSPS) is 10.4. The maximum absolute atomic E-state index is 12.6. The van der Waals surface area contributed by atoms with Crippen molar-refractivity contribution < 1.29 is 19.1 Å². The molecule has 0 aliphatic carbocycles. The van der Waals surface area contributed by atoms with Gasteiger partial charge < -0.3 is 20.1 Å². The molecule has 3 aromatic rings. The molecule has 0 saturated heterocycles. The topological polar surface area (TPSA) is 89.6 Å². The van der Waals surface area contributed by atoms with Crippen LogP contribution < -0.4 is 15.4 Å². The van der Waals surface area contributed by atoms with Crippen molar-refractivity contribution in [2.24, 2.45) is 0 Å². The molecule has 0 saturated carbocycles. The zero-order valence-electron chi connectivity index (χ0n) is 17.6. The number of aromatic nitrogens is 1. The van der Waals surface area contributed by atoms with E-state index in [-0.39, 0.29) is 11.8 Å². The highest BCUT2D eigenvalue weighted by atomic mass is 79.9. The van der Waals surface area contributed by atoms with Crippen molar-refractivity contribution in [3.63, 3.8) is 0 Å². The summed E-state index contributed by atoms with van der Waals surface area (Å²) in [5.74, 6) is 0.480. The molecular weight excluding hydrogens is 474 g/mol. The van der Waals surface area contributed by atoms with Crippen molar-refractivity contribution in [1.82, 2.24) is 10.3 Å². The molecule has 0 unspecified atom stereocenters. The van der Waals surface area contributed by atoms with Crippen molar-refractivity contribution >= 4 is 33.4 Å². The van der Waals surface area contributed by atoms with Crippen molar-refractivity contribution in [3.05, 3.63) is 82.5 Å². The first-order valence-electron chi connectivity index (χ1n) is 10.2. The lowest BCUT2D eigenvalue weighted by molar-refractivity contribution is 0.0943. The van der Waals surface area contributed by atoms with Crippen LogP contribution in [0.15, 0.2) is 71.3 Å². The van der Waals surface area contributed by atoms with Gasteiger partial charge in [-0.05, 0) is 55.8 Å². The first-order chi connectivity index (χ1) is 15.5. The minimum absolute atomic E-state index is 0.201. The number of carbonyl (C=O) groups excluding carboxylic acids is 2. The molecule has 0 radical (unpaired) electrons. The highest BCUT2D eigenvalue weighted by Gasteiger charge is 2.10. The monoisotopic (exact) mass is 497 g/mol. The first kappa shape index (κ1) is 23.4. The van der Waals surface area contributed by atoms with Gasteiger partial charge in [-0.3, -0.25) is 9.59 Å². The van der Waals surface area contributed by atoms with Gasteiger partial charge in [-0.15, -0.1) is 0 Å². The number of nitrogens with zero attached hydrogens (tertiary/aromatic N) is 1. The summed E-state index contributed by atoms with van der Waals surface area (Å²) >= 11 is 3.39. The van der Waals surface area contributed by atoms with Crippen LogP contribution in [0.25, 0.3) is 0 Å². The Bertz CT molecular complexity index is 1060. The number of ether oxygens (including phenoxy) is 2. The summed E-state index contributed by atoms with van der Waals surface area (Å²) in [6, 6.07) is 17.4. The Labute approximate surface area is 195 Å². The van der Waals surface area contributed by atoms with Crippen molar-refractivity contribution in [2.45, 2.75) is 13.3 Å². The van der Waals surface area contributed by atoms with Gasteiger partial charge in [0, 0.05) is 47.7 Å². The third kappa shape index (κ3) is 7.18. The SMILES string of the molecule is CCOCCCNC(=O)c1cccc(NC(=O)c2ccc(Oc3cccc(Br)c3)nc2)c1. The molecule has 1 aromatic heterocycles. The molecule has 0 spiro atoms. The van der Waals surface area contributed by atoms with Gasteiger partial charge in [0.1, 0.15) is 5.75 Å². The summed E-state index contributed by atoms with van der Waals surface area (Å²) in [5.41, 5.74) is 1.36. The maximum atomic E-state index is 12.6. The van der Waals surface area contributed by atoms with E-state index in [1.165, 1.54) is 6.20 Å². The quantitative estimate of drug-likeness (QED) is 0.382. The molecule has 0 bridgehead atoms. The van der Waals surface area contributed by atoms with Gasteiger partial charge in [-0.1, -0.05) is 28.1 Å². The number of carbonyl (C=O) groups is 2. The zero-order chi connectivity index (χ0) is 22.8. The van der Waals surface area contributed by atoms with Gasteiger partial charge in [0.05, 0.1) is 5.56 Å². The highest BCUT2D eigenvalue weighted by Crippen LogP contribution is 2.23. The summed E-state index contributed by atoms with van der Waals surface area (Å²) in [6.45, 7) is 3.72. The van der Waals surface area contributed by atoms with Crippen LogP contribution >= 0.6 is 15.9 Å². The standard InChI is InChI=1S/C24H24BrN3O4/c1-2-31-13-5-12-26-23(29)17-6-3-8-20(14-17)28-24(30)18-10-11-22(27-16-18)32-21-9-4-7-19(25)15-21/h3-4,6-11,14-16H,2,5,12-13H2,1H3,(H,26,29)(H,28,30). The molecule has 2 N–H and O–H groups in total. The number of halogens is 1. The Morgan fingerprint density at radius 2 is 1.84 bits per heavy atom. The minimum Gasteiger partial charge on any atom is -0.439 e. The van der Waals surface area contributed by atoms with E-state index in [2.05, 4.69) is 31.5 Å². The summed E-state index contributed by atoms with van der Waals surface area (Å²) in [5, 5.41) is 5.63. The Morgan fingerprint density at radius 3 is 2.59 bits per heavy atom. The van der Waals surface area contributed by atoms with Crippen LogP contribution in [0, 0.1) is 0 Å². The van der Waals surface area contributed by atoms with E-state index in [0.717, 1.165) is 10.9 Å². The number of nitrogens with one attached hydrogen (secondary N) is 2. The molecule has 8 heteroatoms. The summed E-state index contributed by atoms with van der Waals surface area (Å²) in [7, 11) is 0. The third-order valence-corrected chi connectivity index (χ3v) is 4.85. The lowest BCUT2D eigenvalue weighted by Gasteiger charge is -2.09. The summed E-state index contributed by atoms with van der Waals surface area (Å²) in [4.78, 5) is 29.1. The fourth-order valence-electron chi connectivity index (χ4n) is 2.79. The van der Waals surface area contributed by atoms with Gasteiger partial charge in [0.25, 0.3) is 11.8 Å². The van der Waals surface area contributed by atoms with E-state index in [1.807, 2.05) is 31.2 Å². The summed E-state index contributed by atoms with van der Waals surface area (Å²) < 4.78 is 11.8. The van der Waals surface area contributed by atoms with Crippen LogP contribution in [-0.2, 0) is 4.74 Å². The molecule has 0 aliphatic rings. The molecule has 3 rings (SSSR count). The van der Waals surface area contributed by atoms with Crippen LogP contribution in [0.5, 0.6) is 11.6 Å². The number of rotatable bonds is 10. The second kappa shape index (κ2) is 12.0. The molecule has 32 heavy (non-hydrogen) atoms. The Hall–Kier alpha value is -3.23. The van der Waals surface area contributed by atoms with Crippen molar-refractivity contribution in [2.75, 3.05) is 25.1 Å². The van der Waals surface area contributed by atoms with Crippen LogP contribution in [-0.4, -0.2) is 36.6 Å². The molecule has 2 amide bonds. The molecule has 7 nitrogen and oxygen atoms in total. The van der Waals surface area contributed by atoms with Crippen LogP contribution in [0.2, 0.25) is 0 Å². The average Bonchev–Trinajstić information content (AvgIpc) is 2.79. The van der Waals surface area contributed by atoms with E-state index >= 15 is 0 Å². The first-order valence-corrected chi connectivity index (χ1v) is 11.0. The molecule has 0 aliphatic heterocycles. The van der Waals surface area contributed by atoms with Crippen molar-refractivity contribution in [1.29, 1.82) is 0 Å². The predicted molar refractivity (Wildman–Crippen MR) is 126 cm³/mol. The third-order valence-electron chi connectivity index (χ3n) is 4.35. The smallest absolute Gasteiger partial charge is 0.257 e. The van der Waals surface area contributed by atoms with Gasteiger partial charge in [0.15, 0.2) is 0 Å². The minimum atomic E-state index is -0.333. The van der Waals surface area contributed by atoms with Gasteiger partial charge in [-0.25, -0.2) is 4.98 Å². The van der Waals surface area contributed by atoms with E-state index in [4.69, 9.17) is 9.47 Å². The second-order valence-electron chi connectivity index (χ2n) is 6.79. The van der Waals surface area contributed by atoms with Gasteiger partial charge >= 0.3 is 0 Å². The number of amides is 2. The average molecular weight is 498 g/mol. The zero-order valence-corrected chi connectivity index (χ0v) is 19.2. The molecule has 166 valence electrons. The fourth-order valence-corrected chi connectivity index (χ4v) is 3.17. The number of hydrogen-bond donors (Lipinski definition) is 2. The van der Waals surface area contributed by atoms with Crippen molar-refractivity contribution in [3.8, 4) is 11.6 Å². The van der Waals surface area contributed by atoms with E-state index in [1.54, 1.807) is 36.4 Å². The molecule has 2 aromatic carbocycles. The second-order valence-corrected chi connectivity index (χ2v) is 7.70. The maximum Gasteiger partial charge on any atom is 0.257 e. The van der Waals surface area contributed by atoms with Gasteiger partial charge in [-0.2, -0.15) is 0 Å². The van der Waals surface area contributed by atoms with E-state index < -0.39 is 0 Å². The predicted octanol–water partition coefficient (Wildman–Crippen LogP) is 5.05. The lowest BCUT2D eigenvalue weighted by atomic mass is 10.1. The molecule has 1 heterocycles. The Kier molecular flexibility index (Phi) is 8.77. The van der Waals surface area contributed by atoms with Crippen LogP contribution in [0.4, 0.5) is 5.69 Å². The molecular formula is C24H24BrN3O4. The number of benzene rings is 2. The molecule has 0 atom stereocenters. The highest BCUT2D eigenvalue weighted by molar-refractivity contribution is 9.10.